The van der Waals surface area contributed by atoms with E-state index in [1.165, 1.54) is 49.7 Å². The maximum absolute atomic E-state index is 9.89. The van der Waals surface area contributed by atoms with Crippen LogP contribution >= 0.6 is 0 Å². The Hall–Kier alpha value is -1.18. The Morgan fingerprint density at radius 2 is 1.89 bits per heavy atom. The number of phenols is 1. The van der Waals surface area contributed by atoms with Gasteiger partial charge in [-0.1, -0.05) is 12.8 Å². The molecule has 1 unspecified atom stereocenters. The van der Waals surface area contributed by atoms with E-state index in [4.69, 9.17) is 4.74 Å². The van der Waals surface area contributed by atoms with Crippen molar-refractivity contribution < 1.29 is 9.84 Å². The Bertz CT molecular complexity index is 433. The van der Waals surface area contributed by atoms with Gasteiger partial charge in [-0.2, -0.15) is 0 Å². The number of hydrogen-bond donors (Lipinski definition) is 1. The average Bonchev–Trinajstić information content (AvgIpc) is 2.90. The fourth-order valence-electron chi connectivity index (χ4n) is 3.87. The molecular weight excluding hydrogens is 224 g/mol. The predicted molar refractivity (Wildman–Crippen MR) is 72.3 cm³/mol. The molecule has 0 amide bonds. The number of hydrogen-bond acceptors (Lipinski definition) is 2. The van der Waals surface area contributed by atoms with E-state index in [1.54, 1.807) is 7.11 Å². The molecule has 0 saturated heterocycles. The lowest BCUT2D eigenvalue weighted by Crippen LogP contribution is -2.16. The summed E-state index contributed by atoms with van der Waals surface area (Å²) >= 11 is 0. The number of methoxy groups -OCH3 is 1. The normalized spacial score (nSPS) is 23.9. The fraction of sp³-hybridized carbons (Fsp3) is 0.625. The quantitative estimate of drug-likeness (QED) is 0.854. The summed E-state index contributed by atoms with van der Waals surface area (Å²) in [7, 11) is 1.63. The summed E-state index contributed by atoms with van der Waals surface area (Å²) in [6.45, 7) is 0. The minimum atomic E-state index is 0.295. The highest BCUT2D eigenvalue weighted by Gasteiger charge is 2.30. The van der Waals surface area contributed by atoms with Crippen molar-refractivity contribution in [1.82, 2.24) is 0 Å². The van der Waals surface area contributed by atoms with Crippen LogP contribution in [0.4, 0.5) is 0 Å². The Kier molecular flexibility index (Phi) is 3.19. The summed E-state index contributed by atoms with van der Waals surface area (Å²) in [5, 5.41) is 9.89. The summed E-state index contributed by atoms with van der Waals surface area (Å²) in [5.41, 5.74) is 2.79. The van der Waals surface area contributed by atoms with Gasteiger partial charge in [-0.3, -0.25) is 0 Å². The Labute approximate surface area is 109 Å². The number of aromatic hydroxyl groups is 1. The van der Waals surface area contributed by atoms with Crippen LogP contribution in [0.15, 0.2) is 12.1 Å². The fourth-order valence-corrected chi connectivity index (χ4v) is 3.87. The maximum Gasteiger partial charge on any atom is 0.160 e. The second-order valence-corrected chi connectivity index (χ2v) is 5.77. The molecule has 1 aromatic carbocycles. The number of aryl methyl sites for hydroxylation is 1. The number of fused-ring (bicyclic) bond motifs is 1. The van der Waals surface area contributed by atoms with E-state index in [0.717, 1.165) is 12.3 Å². The van der Waals surface area contributed by atoms with Crippen LogP contribution in [0.5, 0.6) is 11.5 Å². The van der Waals surface area contributed by atoms with Gasteiger partial charge in [-0.05, 0) is 67.2 Å². The third-order valence-corrected chi connectivity index (χ3v) is 4.77. The zero-order valence-corrected chi connectivity index (χ0v) is 11.1. The Morgan fingerprint density at radius 3 is 2.61 bits per heavy atom. The van der Waals surface area contributed by atoms with Crippen LogP contribution in [0.3, 0.4) is 0 Å². The van der Waals surface area contributed by atoms with E-state index in [9.17, 15) is 5.11 Å². The second-order valence-electron chi connectivity index (χ2n) is 5.77. The van der Waals surface area contributed by atoms with Crippen LogP contribution in [0.1, 0.15) is 55.6 Å². The van der Waals surface area contributed by atoms with E-state index >= 15 is 0 Å². The van der Waals surface area contributed by atoms with Crippen LogP contribution in [-0.2, 0) is 6.42 Å². The lowest BCUT2D eigenvalue weighted by atomic mass is 9.75. The number of benzene rings is 1. The molecule has 0 spiro atoms. The van der Waals surface area contributed by atoms with Gasteiger partial charge in [-0.25, -0.2) is 0 Å². The maximum atomic E-state index is 9.89. The van der Waals surface area contributed by atoms with Crippen molar-refractivity contribution in [3.05, 3.63) is 23.3 Å². The molecule has 2 nitrogen and oxygen atoms in total. The van der Waals surface area contributed by atoms with Gasteiger partial charge < -0.3 is 9.84 Å². The first-order valence-electron chi connectivity index (χ1n) is 7.19. The summed E-state index contributed by atoms with van der Waals surface area (Å²) < 4.78 is 5.27. The van der Waals surface area contributed by atoms with E-state index in [0.29, 0.717) is 17.4 Å². The molecule has 0 bridgehead atoms. The first-order chi connectivity index (χ1) is 8.79. The topological polar surface area (TPSA) is 29.5 Å². The third kappa shape index (κ3) is 1.98. The third-order valence-electron chi connectivity index (χ3n) is 4.77. The molecule has 3 rings (SSSR count). The molecule has 98 valence electrons. The number of ether oxygens (including phenoxy) is 1. The van der Waals surface area contributed by atoms with Crippen molar-refractivity contribution in [3.63, 3.8) is 0 Å². The highest BCUT2D eigenvalue weighted by molar-refractivity contribution is 5.48. The van der Waals surface area contributed by atoms with Gasteiger partial charge in [0.15, 0.2) is 11.5 Å². The highest BCUT2D eigenvalue weighted by Crippen LogP contribution is 2.46. The lowest BCUT2D eigenvalue weighted by Gasteiger charge is -2.30. The SMILES string of the molecule is COc1cc2c(cc1O)CCCC2C1CCCC1. The highest BCUT2D eigenvalue weighted by atomic mass is 16.5. The van der Waals surface area contributed by atoms with Crippen molar-refractivity contribution in [2.45, 2.75) is 50.9 Å². The molecule has 0 radical (unpaired) electrons. The predicted octanol–water partition coefficient (Wildman–Crippen LogP) is 4.01. The number of rotatable bonds is 2. The van der Waals surface area contributed by atoms with Crippen LogP contribution < -0.4 is 4.74 Å². The summed E-state index contributed by atoms with van der Waals surface area (Å²) in [6.07, 6.45) is 9.24. The first-order valence-corrected chi connectivity index (χ1v) is 7.19. The molecule has 0 aromatic heterocycles. The van der Waals surface area contributed by atoms with Crippen molar-refractivity contribution in [3.8, 4) is 11.5 Å². The van der Waals surface area contributed by atoms with Gasteiger partial charge in [0.2, 0.25) is 0 Å². The molecule has 2 heteroatoms. The van der Waals surface area contributed by atoms with Crippen molar-refractivity contribution in [1.29, 1.82) is 0 Å². The van der Waals surface area contributed by atoms with Crippen molar-refractivity contribution in [2.24, 2.45) is 5.92 Å². The molecule has 2 aliphatic carbocycles. The van der Waals surface area contributed by atoms with Gasteiger partial charge in [0, 0.05) is 0 Å². The number of phenolic OH excluding ortho intramolecular Hbond substituents is 1. The standard InChI is InChI=1S/C16H22O2/c1-18-16-10-14-12(9-15(16)17)7-4-8-13(14)11-5-2-3-6-11/h9-11,13,17H,2-8H2,1H3. The smallest absolute Gasteiger partial charge is 0.160 e. The minimum absolute atomic E-state index is 0.295. The molecule has 0 heterocycles. The van der Waals surface area contributed by atoms with E-state index in [1.807, 2.05) is 6.07 Å². The van der Waals surface area contributed by atoms with Crippen LogP contribution in [0.2, 0.25) is 0 Å². The van der Waals surface area contributed by atoms with Gasteiger partial charge in [0.1, 0.15) is 0 Å². The van der Waals surface area contributed by atoms with Gasteiger partial charge in [0.05, 0.1) is 7.11 Å². The molecule has 18 heavy (non-hydrogen) atoms. The first kappa shape index (κ1) is 11.9. The molecule has 1 saturated carbocycles. The summed E-state index contributed by atoms with van der Waals surface area (Å²) in [6, 6.07) is 4.02. The Morgan fingerprint density at radius 1 is 1.11 bits per heavy atom. The molecule has 2 aliphatic rings. The van der Waals surface area contributed by atoms with Crippen LogP contribution in [0, 0.1) is 5.92 Å². The molecule has 1 aromatic rings. The van der Waals surface area contributed by atoms with Crippen LogP contribution in [-0.4, -0.2) is 12.2 Å². The molecule has 1 atom stereocenters. The van der Waals surface area contributed by atoms with Gasteiger partial charge in [-0.15, -0.1) is 0 Å². The van der Waals surface area contributed by atoms with Crippen molar-refractivity contribution >= 4 is 0 Å². The average molecular weight is 246 g/mol. The summed E-state index contributed by atoms with van der Waals surface area (Å²) in [5.74, 6) is 2.49. The van der Waals surface area contributed by atoms with E-state index < -0.39 is 0 Å². The zero-order valence-electron chi connectivity index (χ0n) is 11.1. The Balaban J connectivity index is 1.97. The molecular formula is C16H22O2. The lowest BCUT2D eigenvalue weighted by molar-refractivity contribution is 0.360. The zero-order chi connectivity index (χ0) is 12.5. The summed E-state index contributed by atoms with van der Waals surface area (Å²) in [4.78, 5) is 0. The molecule has 0 aliphatic heterocycles. The van der Waals surface area contributed by atoms with Gasteiger partial charge in [0.25, 0.3) is 0 Å². The van der Waals surface area contributed by atoms with Crippen LogP contribution in [0.25, 0.3) is 0 Å². The van der Waals surface area contributed by atoms with E-state index in [2.05, 4.69) is 6.07 Å². The largest absolute Gasteiger partial charge is 0.504 e. The second kappa shape index (κ2) is 4.83. The minimum Gasteiger partial charge on any atom is -0.504 e. The molecule has 1 fully saturated rings. The van der Waals surface area contributed by atoms with Crippen molar-refractivity contribution in [2.75, 3.05) is 7.11 Å². The van der Waals surface area contributed by atoms with Gasteiger partial charge >= 0.3 is 0 Å². The monoisotopic (exact) mass is 246 g/mol. The molecule has 1 N–H and O–H groups in total. The van der Waals surface area contributed by atoms with E-state index in [-0.39, 0.29) is 0 Å².